The van der Waals surface area contributed by atoms with E-state index in [2.05, 4.69) is 26.1 Å². The van der Waals surface area contributed by atoms with Gasteiger partial charge in [0.05, 0.1) is 43.0 Å². The van der Waals surface area contributed by atoms with E-state index in [4.69, 9.17) is 14.7 Å². The number of amides is 4. The molecule has 342 valence electrons. The van der Waals surface area contributed by atoms with E-state index in [9.17, 15) is 34.2 Å². The minimum absolute atomic E-state index is 0.0162. The Kier molecular flexibility index (Phi) is 14.9. The normalized spacial score (nSPS) is 20.1. The standard InChI is InChI=1S/C47H55N9O9/c1-28-15-38(65-52-28)20-43(60)55-24-36(57)18-40(55)46(62)49-21-30-9-12-33(13-10-30)45(29(2)48)42(59)17-34-16-31(11-14-39(34)32-7-5-4-6-8-32)22-50-47(63)41-19-37(58)25-56(41)44(61)26-54-23-35(27-64-3)51-53-54/h4-10,12-13,15-16,23,36-37,40-41,45,48,57-58H,11,14,17-22,24-27H2,1-3H3,(H,49,62)(H,50,63). The number of allylic oxidation sites excluding steroid dienone is 3. The Morgan fingerprint density at radius 3 is 2.18 bits per heavy atom. The third kappa shape index (κ3) is 11.6. The number of ether oxygens (including phenoxy) is 1. The number of aliphatic hydroxyl groups excluding tert-OH is 2. The zero-order chi connectivity index (χ0) is 46.2. The molecule has 65 heavy (non-hydrogen) atoms. The van der Waals surface area contributed by atoms with Gasteiger partial charge in [0, 0.05) is 64.3 Å². The zero-order valence-electron chi connectivity index (χ0n) is 36.7. The number of Topliss-reactive ketones (excluding diaryl/α,β-unsaturated/α-hetero) is 1. The minimum atomic E-state index is -0.873. The largest absolute Gasteiger partial charge is 0.391 e. The summed E-state index contributed by atoms with van der Waals surface area (Å²) < 4.78 is 11.6. The molecule has 3 aliphatic rings. The molecule has 7 rings (SSSR count). The smallest absolute Gasteiger partial charge is 0.245 e. The molecule has 5 atom stereocenters. The van der Waals surface area contributed by atoms with Gasteiger partial charge in [0.1, 0.15) is 35.9 Å². The van der Waals surface area contributed by atoms with Gasteiger partial charge in [0.15, 0.2) is 0 Å². The predicted molar refractivity (Wildman–Crippen MR) is 236 cm³/mol. The number of aryl methyl sites for hydroxylation is 1. The Morgan fingerprint density at radius 2 is 1.55 bits per heavy atom. The van der Waals surface area contributed by atoms with Crippen LogP contribution in [0.15, 0.2) is 88.6 Å². The molecular weight excluding hydrogens is 835 g/mol. The van der Waals surface area contributed by atoms with E-state index in [1.54, 1.807) is 50.4 Å². The number of nitrogens with zero attached hydrogens (tertiary/aromatic N) is 6. The van der Waals surface area contributed by atoms with Gasteiger partial charge in [-0.15, -0.1) is 5.10 Å². The van der Waals surface area contributed by atoms with Crippen LogP contribution in [0.4, 0.5) is 0 Å². The molecule has 4 amide bonds. The van der Waals surface area contributed by atoms with E-state index >= 15 is 0 Å². The quantitative estimate of drug-likeness (QED) is 0.0906. The van der Waals surface area contributed by atoms with Crippen LogP contribution in [0.3, 0.4) is 0 Å². The number of hydrogen-bond donors (Lipinski definition) is 5. The lowest BCUT2D eigenvalue weighted by molar-refractivity contribution is -0.139. The van der Waals surface area contributed by atoms with Gasteiger partial charge in [-0.3, -0.25) is 24.0 Å². The molecule has 18 nitrogen and oxygen atoms in total. The third-order valence-electron chi connectivity index (χ3n) is 12.0. The summed E-state index contributed by atoms with van der Waals surface area (Å²) in [5.41, 5.74) is 6.40. The number of aliphatic hydroxyl groups is 2. The summed E-state index contributed by atoms with van der Waals surface area (Å²) >= 11 is 0. The highest BCUT2D eigenvalue weighted by Crippen LogP contribution is 2.35. The van der Waals surface area contributed by atoms with Gasteiger partial charge in [-0.1, -0.05) is 76.6 Å². The molecule has 0 bridgehead atoms. The second kappa shape index (κ2) is 20.9. The minimum Gasteiger partial charge on any atom is -0.391 e. The highest BCUT2D eigenvalue weighted by molar-refractivity contribution is 6.09. The highest BCUT2D eigenvalue weighted by Gasteiger charge is 2.40. The van der Waals surface area contributed by atoms with Crippen LogP contribution in [0.5, 0.6) is 0 Å². The van der Waals surface area contributed by atoms with Gasteiger partial charge < -0.3 is 45.3 Å². The first kappa shape index (κ1) is 46.4. The monoisotopic (exact) mass is 889 g/mol. The van der Waals surface area contributed by atoms with E-state index in [1.165, 1.54) is 21.6 Å². The number of hydrogen-bond acceptors (Lipinski definition) is 13. The maximum atomic E-state index is 14.3. The number of carbonyl (C=O) groups excluding carboxylic acids is 5. The number of ketones is 1. The lowest BCUT2D eigenvalue weighted by atomic mass is 9.82. The number of likely N-dealkylation sites (tertiary alicyclic amines) is 2. The number of methoxy groups -OCH3 is 1. The first-order valence-corrected chi connectivity index (χ1v) is 21.7. The van der Waals surface area contributed by atoms with Crippen molar-refractivity contribution in [3.63, 3.8) is 0 Å². The number of β-amino-alcohol motifs (C(OH)–C–C–N with tert-alkyl or cyclic N) is 2. The van der Waals surface area contributed by atoms with Crippen molar-refractivity contribution >= 4 is 40.7 Å². The molecule has 2 fully saturated rings. The zero-order valence-corrected chi connectivity index (χ0v) is 36.7. The summed E-state index contributed by atoms with van der Waals surface area (Å²) in [5.74, 6) is -2.15. The van der Waals surface area contributed by atoms with E-state index in [1.807, 2.05) is 36.4 Å². The average molecular weight is 890 g/mol. The Morgan fingerprint density at radius 1 is 0.892 bits per heavy atom. The SMILES string of the molecule is COCc1cn(CC(=O)N2CC(O)CC2C(=O)NCC2=CC(CC(=O)C(C(C)=N)c3ccc(CNC(=O)C4CC(O)CN4C(=O)Cc4cc(C)no4)cc3)=C(c3ccccc3)CC2)nn1. The Labute approximate surface area is 376 Å². The Balaban J connectivity index is 0.990. The van der Waals surface area contributed by atoms with Gasteiger partial charge in [0.25, 0.3) is 0 Å². The Bertz CT molecular complexity index is 2460. The fourth-order valence-electron chi connectivity index (χ4n) is 8.82. The first-order chi connectivity index (χ1) is 31.3. The molecule has 5 unspecified atom stereocenters. The molecule has 0 radical (unpaired) electrons. The second-order valence-corrected chi connectivity index (χ2v) is 17.0. The van der Waals surface area contributed by atoms with Crippen molar-refractivity contribution in [1.82, 2.24) is 40.6 Å². The summed E-state index contributed by atoms with van der Waals surface area (Å²) in [6.45, 7) is 3.82. The van der Waals surface area contributed by atoms with Crippen LogP contribution in [-0.4, -0.2) is 126 Å². The molecular formula is C47H55N9O9. The average Bonchev–Trinajstić information content (AvgIpc) is 4.10. The maximum Gasteiger partial charge on any atom is 0.245 e. The van der Waals surface area contributed by atoms with E-state index < -0.39 is 42.0 Å². The Hall–Kier alpha value is -6.63. The lowest BCUT2D eigenvalue weighted by Gasteiger charge is -2.25. The van der Waals surface area contributed by atoms with Crippen LogP contribution in [0.2, 0.25) is 0 Å². The van der Waals surface area contributed by atoms with Crippen molar-refractivity contribution in [2.24, 2.45) is 0 Å². The van der Waals surface area contributed by atoms with E-state index in [0.717, 1.165) is 27.8 Å². The summed E-state index contributed by atoms with van der Waals surface area (Å²) in [4.78, 5) is 70.2. The molecule has 4 aromatic rings. The van der Waals surface area contributed by atoms with Gasteiger partial charge in [-0.2, -0.15) is 0 Å². The van der Waals surface area contributed by atoms with Crippen molar-refractivity contribution in [3.8, 4) is 0 Å². The number of aromatic nitrogens is 4. The van der Waals surface area contributed by atoms with Crippen LogP contribution < -0.4 is 10.6 Å². The molecule has 0 spiro atoms. The molecule has 4 heterocycles. The van der Waals surface area contributed by atoms with Gasteiger partial charge in [0.2, 0.25) is 23.6 Å². The van der Waals surface area contributed by atoms with Crippen molar-refractivity contribution in [2.45, 2.75) is 102 Å². The fraction of sp³-hybridized carbons (Fsp3) is 0.426. The molecule has 2 aromatic carbocycles. The third-order valence-corrected chi connectivity index (χ3v) is 12.0. The number of rotatable bonds is 18. The van der Waals surface area contributed by atoms with E-state index in [0.29, 0.717) is 35.6 Å². The fourth-order valence-corrected chi connectivity index (χ4v) is 8.82. The molecule has 5 N–H and O–H groups in total. The number of nitrogens with one attached hydrogen (secondary N) is 3. The lowest BCUT2D eigenvalue weighted by Crippen LogP contribution is -2.47. The topological polar surface area (TPSA) is 246 Å². The second-order valence-electron chi connectivity index (χ2n) is 17.0. The van der Waals surface area contributed by atoms with Crippen molar-refractivity contribution in [2.75, 3.05) is 26.7 Å². The van der Waals surface area contributed by atoms with Gasteiger partial charge >= 0.3 is 0 Å². The van der Waals surface area contributed by atoms with Crippen molar-refractivity contribution < 1.29 is 43.4 Å². The highest BCUT2D eigenvalue weighted by atomic mass is 16.5. The van der Waals surface area contributed by atoms with E-state index in [-0.39, 0.29) is 88.3 Å². The van der Waals surface area contributed by atoms with Crippen LogP contribution in [0, 0.1) is 12.3 Å². The molecule has 2 saturated heterocycles. The summed E-state index contributed by atoms with van der Waals surface area (Å²) in [6.07, 6.45) is 3.25. The summed E-state index contributed by atoms with van der Waals surface area (Å²) in [5, 5.41) is 47.1. The van der Waals surface area contributed by atoms with Crippen LogP contribution in [0.25, 0.3) is 5.57 Å². The molecule has 2 aliphatic heterocycles. The van der Waals surface area contributed by atoms with Crippen LogP contribution in [0.1, 0.15) is 78.8 Å². The van der Waals surface area contributed by atoms with Crippen molar-refractivity contribution in [1.29, 1.82) is 5.41 Å². The van der Waals surface area contributed by atoms with Crippen LogP contribution >= 0.6 is 0 Å². The summed E-state index contributed by atoms with van der Waals surface area (Å²) in [7, 11) is 1.53. The molecule has 0 saturated carbocycles. The van der Waals surface area contributed by atoms with Crippen LogP contribution in [-0.2, 0) is 54.8 Å². The maximum absolute atomic E-state index is 14.3. The van der Waals surface area contributed by atoms with Gasteiger partial charge in [-0.05, 0) is 54.5 Å². The van der Waals surface area contributed by atoms with Gasteiger partial charge in [-0.25, -0.2) is 4.68 Å². The summed E-state index contributed by atoms with van der Waals surface area (Å²) in [6, 6.07) is 16.9. The first-order valence-electron chi connectivity index (χ1n) is 21.7. The molecule has 1 aliphatic carbocycles. The predicted octanol–water partition coefficient (Wildman–Crippen LogP) is 2.58. The number of carbonyl (C=O) groups is 5. The molecule has 18 heteroatoms. The van der Waals surface area contributed by atoms with Crippen molar-refractivity contribution in [3.05, 3.63) is 118 Å². The number of benzene rings is 2. The molecule has 2 aromatic heterocycles.